The summed E-state index contributed by atoms with van der Waals surface area (Å²) in [5.41, 5.74) is 0.417. The number of rotatable bonds is 3. The third-order valence-corrected chi connectivity index (χ3v) is 3.98. The van der Waals surface area contributed by atoms with Crippen LogP contribution >= 0.6 is 0 Å². The fraction of sp³-hybridized carbons (Fsp3) is 0.533. The van der Waals surface area contributed by atoms with Crippen molar-refractivity contribution in [2.75, 3.05) is 14.2 Å². The van der Waals surface area contributed by atoms with Crippen molar-refractivity contribution >= 4 is 5.91 Å². The minimum Gasteiger partial charge on any atom is -0.388 e. The molecule has 0 radical (unpaired) electrons. The number of aliphatic hydroxyl groups excluding tert-OH is 1. The summed E-state index contributed by atoms with van der Waals surface area (Å²) < 4.78 is 18.1. The number of hydrogen-bond acceptors (Lipinski definition) is 3. The Morgan fingerprint density at radius 3 is 2.60 bits per heavy atom. The van der Waals surface area contributed by atoms with Gasteiger partial charge in [-0.1, -0.05) is 0 Å². The molecule has 1 aromatic carbocycles. The van der Waals surface area contributed by atoms with Crippen molar-refractivity contribution in [2.24, 2.45) is 0 Å². The third-order valence-electron chi connectivity index (χ3n) is 3.98. The van der Waals surface area contributed by atoms with Crippen LogP contribution in [-0.2, 0) is 4.74 Å². The Bertz CT molecular complexity index is 463. The maximum absolute atomic E-state index is 12.9. The third kappa shape index (κ3) is 2.99. The van der Waals surface area contributed by atoms with Gasteiger partial charge in [-0.2, -0.15) is 0 Å². The molecule has 20 heavy (non-hydrogen) atoms. The lowest BCUT2D eigenvalue weighted by molar-refractivity contribution is -0.0714. The number of aliphatic hydroxyl groups is 1. The molecule has 1 amide bonds. The second kappa shape index (κ2) is 6.33. The summed E-state index contributed by atoms with van der Waals surface area (Å²) in [5, 5.41) is 10.3. The first-order valence-corrected chi connectivity index (χ1v) is 6.78. The predicted octanol–water partition coefficient (Wildman–Crippen LogP) is 1.83. The lowest BCUT2D eigenvalue weighted by Crippen LogP contribution is -2.52. The monoisotopic (exact) mass is 281 g/mol. The van der Waals surface area contributed by atoms with E-state index in [4.69, 9.17) is 4.74 Å². The zero-order valence-corrected chi connectivity index (χ0v) is 11.8. The lowest BCUT2D eigenvalue weighted by atomic mass is 9.88. The Hall–Kier alpha value is -1.46. The highest BCUT2D eigenvalue weighted by Gasteiger charge is 2.36. The van der Waals surface area contributed by atoms with Gasteiger partial charge in [-0.05, 0) is 43.5 Å². The predicted molar refractivity (Wildman–Crippen MR) is 72.9 cm³/mol. The van der Waals surface area contributed by atoms with Gasteiger partial charge in [0.1, 0.15) is 11.9 Å². The first kappa shape index (κ1) is 14.9. The van der Waals surface area contributed by atoms with E-state index >= 15 is 0 Å². The first-order valence-electron chi connectivity index (χ1n) is 6.78. The van der Waals surface area contributed by atoms with Crippen molar-refractivity contribution in [2.45, 2.75) is 37.5 Å². The Morgan fingerprint density at radius 1 is 1.35 bits per heavy atom. The molecule has 4 nitrogen and oxygen atoms in total. The van der Waals surface area contributed by atoms with E-state index in [1.807, 2.05) is 0 Å². The first-order chi connectivity index (χ1) is 9.54. The highest BCUT2D eigenvalue weighted by molar-refractivity contribution is 5.94. The van der Waals surface area contributed by atoms with Gasteiger partial charge in [-0.15, -0.1) is 0 Å². The Kier molecular flexibility index (Phi) is 4.73. The normalized spacial score (nSPS) is 26.3. The molecule has 0 saturated heterocycles. The number of benzene rings is 1. The SMILES string of the molecule is CO[C@@H]1CCC[C@@H](N(C)C(=O)c2ccc(F)cc2)[C@H]1O. The summed E-state index contributed by atoms with van der Waals surface area (Å²) >= 11 is 0. The summed E-state index contributed by atoms with van der Waals surface area (Å²) in [6.07, 6.45) is 1.51. The summed E-state index contributed by atoms with van der Waals surface area (Å²) in [6, 6.07) is 5.16. The maximum Gasteiger partial charge on any atom is 0.253 e. The molecule has 1 N–H and O–H groups in total. The van der Waals surface area contributed by atoms with Crippen LogP contribution in [0.3, 0.4) is 0 Å². The van der Waals surface area contributed by atoms with Crippen LogP contribution in [0.2, 0.25) is 0 Å². The molecule has 110 valence electrons. The Balaban J connectivity index is 2.11. The minimum atomic E-state index is -0.692. The molecule has 0 aliphatic heterocycles. The maximum atomic E-state index is 12.9. The molecule has 1 aliphatic carbocycles. The molecule has 1 aliphatic rings. The largest absolute Gasteiger partial charge is 0.388 e. The zero-order chi connectivity index (χ0) is 14.7. The topological polar surface area (TPSA) is 49.8 Å². The molecule has 0 aromatic heterocycles. The average Bonchev–Trinajstić information content (AvgIpc) is 2.47. The van der Waals surface area contributed by atoms with Crippen molar-refractivity contribution in [3.8, 4) is 0 Å². The number of nitrogens with zero attached hydrogens (tertiary/aromatic N) is 1. The molecule has 0 spiro atoms. The fourth-order valence-electron chi connectivity index (χ4n) is 2.74. The Morgan fingerprint density at radius 2 is 2.00 bits per heavy atom. The summed E-state index contributed by atoms with van der Waals surface area (Å²) in [7, 11) is 3.23. The van der Waals surface area contributed by atoms with Crippen LogP contribution in [0.4, 0.5) is 4.39 Å². The van der Waals surface area contributed by atoms with E-state index < -0.39 is 6.10 Å². The van der Waals surface area contributed by atoms with Gasteiger partial charge >= 0.3 is 0 Å². The van der Waals surface area contributed by atoms with Crippen molar-refractivity contribution in [3.05, 3.63) is 35.6 Å². The lowest BCUT2D eigenvalue weighted by Gasteiger charge is -2.39. The second-order valence-corrected chi connectivity index (χ2v) is 5.19. The number of hydrogen-bond donors (Lipinski definition) is 1. The molecular weight excluding hydrogens is 261 g/mol. The van der Waals surface area contributed by atoms with Crippen LogP contribution in [-0.4, -0.2) is 48.3 Å². The van der Waals surface area contributed by atoms with Gasteiger partial charge in [0, 0.05) is 19.7 Å². The van der Waals surface area contributed by atoms with Crippen molar-refractivity contribution in [3.63, 3.8) is 0 Å². The molecule has 3 atom stereocenters. The number of ether oxygens (including phenoxy) is 1. The van der Waals surface area contributed by atoms with E-state index in [2.05, 4.69) is 0 Å². The Labute approximate surface area is 118 Å². The van der Waals surface area contributed by atoms with Crippen LogP contribution in [0.15, 0.2) is 24.3 Å². The van der Waals surface area contributed by atoms with Crippen LogP contribution in [0.25, 0.3) is 0 Å². The molecule has 1 fully saturated rings. The average molecular weight is 281 g/mol. The molecule has 2 rings (SSSR count). The van der Waals surface area contributed by atoms with E-state index in [0.717, 1.165) is 19.3 Å². The number of likely N-dealkylation sites (N-methyl/N-ethyl adjacent to an activating group) is 1. The number of amides is 1. The molecule has 0 heterocycles. The highest BCUT2D eigenvalue weighted by atomic mass is 19.1. The molecule has 0 bridgehead atoms. The summed E-state index contributed by atoms with van der Waals surface area (Å²) in [5.74, 6) is -0.591. The van der Waals surface area contributed by atoms with Gasteiger partial charge in [0.25, 0.3) is 5.91 Å². The number of halogens is 1. The van der Waals surface area contributed by atoms with E-state index in [9.17, 15) is 14.3 Å². The molecular formula is C15H20FNO3. The number of carbonyl (C=O) groups is 1. The van der Waals surface area contributed by atoms with Crippen LogP contribution in [0.1, 0.15) is 29.6 Å². The molecule has 0 unspecified atom stereocenters. The van der Waals surface area contributed by atoms with Gasteiger partial charge in [0.2, 0.25) is 0 Å². The van der Waals surface area contributed by atoms with Crippen molar-refractivity contribution < 1.29 is 19.0 Å². The van der Waals surface area contributed by atoms with Crippen molar-refractivity contribution in [1.29, 1.82) is 0 Å². The zero-order valence-electron chi connectivity index (χ0n) is 11.8. The van der Waals surface area contributed by atoms with Gasteiger partial charge in [0.15, 0.2) is 0 Å². The fourth-order valence-corrected chi connectivity index (χ4v) is 2.74. The van der Waals surface area contributed by atoms with Crippen LogP contribution in [0, 0.1) is 5.82 Å². The minimum absolute atomic E-state index is 0.217. The highest BCUT2D eigenvalue weighted by Crippen LogP contribution is 2.25. The summed E-state index contributed by atoms with van der Waals surface area (Å²) in [6.45, 7) is 0. The molecule has 1 saturated carbocycles. The van der Waals surface area contributed by atoms with Gasteiger partial charge in [0.05, 0.1) is 12.1 Å². The van der Waals surface area contributed by atoms with Crippen LogP contribution < -0.4 is 0 Å². The number of methoxy groups -OCH3 is 1. The van der Waals surface area contributed by atoms with E-state index in [1.165, 1.54) is 29.2 Å². The smallest absolute Gasteiger partial charge is 0.253 e. The second-order valence-electron chi connectivity index (χ2n) is 5.19. The van der Waals surface area contributed by atoms with E-state index in [1.54, 1.807) is 14.2 Å². The number of carbonyl (C=O) groups excluding carboxylic acids is 1. The molecule has 1 aromatic rings. The van der Waals surface area contributed by atoms with Crippen molar-refractivity contribution in [1.82, 2.24) is 4.90 Å². The van der Waals surface area contributed by atoms with Gasteiger partial charge in [-0.25, -0.2) is 4.39 Å². The quantitative estimate of drug-likeness (QED) is 0.919. The molecule has 5 heteroatoms. The van der Waals surface area contributed by atoms with E-state index in [-0.39, 0.29) is 23.9 Å². The van der Waals surface area contributed by atoms with Gasteiger partial charge < -0.3 is 14.7 Å². The standard InChI is InChI=1S/C15H20FNO3/c1-17(12-4-3-5-13(20-2)14(12)18)15(19)10-6-8-11(16)9-7-10/h6-9,12-14,18H,3-5H2,1-2H3/t12-,13-,14-/m1/s1. The van der Waals surface area contributed by atoms with Gasteiger partial charge in [-0.3, -0.25) is 4.79 Å². The van der Waals surface area contributed by atoms with Crippen LogP contribution in [0.5, 0.6) is 0 Å². The summed E-state index contributed by atoms with van der Waals surface area (Å²) in [4.78, 5) is 13.9. The van der Waals surface area contributed by atoms with E-state index in [0.29, 0.717) is 5.56 Å².